The van der Waals surface area contributed by atoms with E-state index < -0.39 is 0 Å². The molecule has 5 nitrogen and oxygen atoms in total. The second kappa shape index (κ2) is 9.13. The van der Waals surface area contributed by atoms with Gasteiger partial charge in [-0.05, 0) is 42.2 Å². The summed E-state index contributed by atoms with van der Waals surface area (Å²) in [6.45, 7) is 4.98. The number of benzene rings is 2. The lowest BCUT2D eigenvalue weighted by Crippen LogP contribution is -2.40. The normalized spacial score (nSPS) is 13.1. The standard InChI is InChI=1S/C21H27N3O2/c1-16-5-3-4-6-19(16)26-14-12-24-21(22-2)23-11-9-17-7-8-20-18(15-17)10-13-25-20/h3-8,15H,9-14H2,1-2H3,(H2,22,23,24). The van der Waals surface area contributed by atoms with Crippen LogP contribution in [-0.2, 0) is 12.8 Å². The summed E-state index contributed by atoms with van der Waals surface area (Å²) in [4.78, 5) is 4.26. The van der Waals surface area contributed by atoms with Crippen molar-refractivity contribution in [2.75, 3.05) is 33.4 Å². The number of nitrogens with zero attached hydrogens (tertiary/aromatic N) is 1. The number of hydrogen-bond acceptors (Lipinski definition) is 3. The maximum Gasteiger partial charge on any atom is 0.191 e. The molecule has 26 heavy (non-hydrogen) atoms. The first-order chi connectivity index (χ1) is 12.8. The Hall–Kier alpha value is -2.69. The topological polar surface area (TPSA) is 54.9 Å². The monoisotopic (exact) mass is 353 g/mol. The first-order valence-corrected chi connectivity index (χ1v) is 9.14. The van der Waals surface area contributed by atoms with Crippen molar-refractivity contribution in [3.63, 3.8) is 0 Å². The third-order valence-corrected chi connectivity index (χ3v) is 4.43. The first-order valence-electron chi connectivity index (χ1n) is 9.14. The van der Waals surface area contributed by atoms with Crippen molar-refractivity contribution in [1.29, 1.82) is 0 Å². The highest BCUT2D eigenvalue weighted by Gasteiger charge is 2.11. The molecule has 2 aromatic rings. The molecule has 1 aliphatic heterocycles. The number of fused-ring (bicyclic) bond motifs is 1. The maximum atomic E-state index is 5.79. The van der Waals surface area contributed by atoms with Crippen molar-refractivity contribution < 1.29 is 9.47 Å². The van der Waals surface area contributed by atoms with Crippen LogP contribution >= 0.6 is 0 Å². The van der Waals surface area contributed by atoms with E-state index in [1.807, 2.05) is 31.2 Å². The Labute approximate surface area is 155 Å². The molecule has 3 rings (SSSR count). The van der Waals surface area contributed by atoms with Gasteiger partial charge in [0.1, 0.15) is 18.1 Å². The van der Waals surface area contributed by atoms with E-state index in [0.717, 1.165) is 49.0 Å². The van der Waals surface area contributed by atoms with Crippen LogP contribution in [0.3, 0.4) is 0 Å². The second-order valence-electron chi connectivity index (χ2n) is 6.33. The molecule has 0 saturated heterocycles. The predicted molar refractivity (Wildman–Crippen MR) is 105 cm³/mol. The minimum atomic E-state index is 0.594. The van der Waals surface area contributed by atoms with Crippen LogP contribution in [-0.4, -0.2) is 39.3 Å². The second-order valence-corrected chi connectivity index (χ2v) is 6.33. The van der Waals surface area contributed by atoms with Gasteiger partial charge in [-0.1, -0.05) is 30.3 Å². The van der Waals surface area contributed by atoms with Gasteiger partial charge in [0, 0.05) is 20.0 Å². The SMILES string of the molecule is CN=C(NCCOc1ccccc1C)NCCc1ccc2c(c1)CCO2. The highest BCUT2D eigenvalue weighted by molar-refractivity contribution is 5.79. The number of guanidine groups is 1. The van der Waals surface area contributed by atoms with Crippen molar-refractivity contribution in [2.45, 2.75) is 19.8 Å². The molecule has 0 radical (unpaired) electrons. The minimum absolute atomic E-state index is 0.594. The Morgan fingerprint density at radius 1 is 1.15 bits per heavy atom. The zero-order chi connectivity index (χ0) is 18.2. The lowest BCUT2D eigenvalue weighted by Gasteiger charge is -2.13. The summed E-state index contributed by atoms with van der Waals surface area (Å²) < 4.78 is 11.3. The molecule has 0 bridgehead atoms. The molecule has 0 aromatic heterocycles. The van der Waals surface area contributed by atoms with Gasteiger partial charge >= 0.3 is 0 Å². The van der Waals surface area contributed by atoms with E-state index >= 15 is 0 Å². The van der Waals surface area contributed by atoms with Gasteiger partial charge in [-0.25, -0.2) is 0 Å². The lowest BCUT2D eigenvalue weighted by atomic mass is 10.1. The molecule has 0 unspecified atom stereocenters. The molecule has 138 valence electrons. The van der Waals surface area contributed by atoms with Gasteiger partial charge in [-0.3, -0.25) is 4.99 Å². The van der Waals surface area contributed by atoms with E-state index in [4.69, 9.17) is 9.47 Å². The number of rotatable bonds is 7. The van der Waals surface area contributed by atoms with Crippen LogP contribution < -0.4 is 20.1 Å². The van der Waals surface area contributed by atoms with E-state index in [-0.39, 0.29) is 0 Å². The number of aryl methyl sites for hydroxylation is 1. The van der Waals surface area contributed by atoms with E-state index in [1.54, 1.807) is 7.05 Å². The van der Waals surface area contributed by atoms with Gasteiger partial charge in [0.15, 0.2) is 5.96 Å². The predicted octanol–water partition coefficient (Wildman–Crippen LogP) is 2.72. The molecule has 5 heteroatoms. The Bertz CT molecular complexity index is 759. The molecule has 0 amide bonds. The quantitative estimate of drug-likeness (QED) is 0.457. The molecule has 0 aliphatic carbocycles. The average Bonchev–Trinajstić information content (AvgIpc) is 3.13. The Morgan fingerprint density at radius 3 is 2.85 bits per heavy atom. The van der Waals surface area contributed by atoms with Crippen molar-refractivity contribution in [3.05, 3.63) is 59.2 Å². The summed E-state index contributed by atoms with van der Waals surface area (Å²) in [6, 6.07) is 14.5. The molecule has 0 fully saturated rings. The highest BCUT2D eigenvalue weighted by Crippen LogP contribution is 2.25. The van der Waals surface area contributed by atoms with Gasteiger partial charge in [0.25, 0.3) is 0 Å². The van der Waals surface area contributed by atoms with Crippen LogP contribution in [0.25, 0.3) is 0 Å². The van der Waals surface area contributed by atoms with Crippen LogP contribution in [0.15, 0.2) is 47.5 Å². The molecule has 0 saturated carbocycles. The van der Waals surface area contributed by atoms with E-state index in [0.29, 0.717) is 13.2 Å². The molecular weight excluding hydrogens is 326 g/mol. The van der Waals surface area contributed by atoms with Crippen molar-refractivity contribution in [1.82, 2.24) is 10.6 Å². The summed E-state index contributed by atoms with van der Waals surface area (Å²) in [5.41, 5.74) is 3.79. The highest BCUT2D eigenvalue weighted by atomic mass is 16.5. The molecule has 0 atom stereocenters. The number of hydrogen-bond donors (Lipinski definition) is 2. The fourth-order valence-electron chi connectivity index (χ4n) is 2.99. The fourth-order valence-corrected chi connectivity index (χ4v) is 2.99. The molecule has 1 aliphatic rings. The zero-order valence-corrected chi connectivity index (χ0v) is 15.5. The van der Waals surface area contributed by atoms with Crippen molar-refractivity contribution in [2.24, 2.45) is 4.99 Å². The summed E-state index contributed by atoms with van der Waals surface area (Å²) in [5, 5.41) is 6.63. The van der Waals surface area contributed by atoms with Gasteiger partial charge in [-0.2, -0.15) is 0 Å². The van der Waals surface area contributed by atoms with Crippen molar-refractivity contribution in [3.8, 4) is 11.5 Å². The van der Waals surface area contributed by atoms with E-state index in [9.17, 15) is 0 Å². The van der Waals surface area contributed by atoms with E-state index in [1.165, 1.54) is 11.1 Å². The van der Waals surface area contributed by atoms with Crippen LogP contribution in [0.4, 0.5) is 0 Å². The Kier molecular flexibility index (Phi) is 6.36. The molecule has 1 heterocycles. The summed E-state index contributed by atoms with van der Waals surface area (Å²) in [5.74, 6) is 2.76. The fraction of sp³-hybridized carbons (Fsp3) is 0.381. The number of para-hydroxylation sites is 1. The summed E-state index contributed by atoms with van der Waals surface area (Å²) in [7, 11) is 1.78. The largest absolute Gasteiger partial charge is 0.493 e. The smallest absolute Gasteiger partial charge is 0.191 e. The molecule has 0 spiro atoms. The Morgan fingerprint density at radius 2 is 2.00 bits per heavy atom. The van der Waals surface area contributed by atoms with Gasteiger partial charge in [0.2, 0.25) is 0 Å². The molecule has 2 N–H and O–H groups in total. The van der Waals surface area contributed by atoms with Crippen LogP contribution in [0.5, 0.6) is 11.5 Å². The number of aliphatic imine (C=N–C) groups is 1. The van der Waals surface area contributed by atoms with Gasteiger partial charge < -0.3 is 20.1 Å². The minimum Gasteiger partial charge on any atom is -0.493 e. The molecular formula is C21H27N3O2. The summed E-state index contributed by atoms with van der Waals surface area (Å²) in [6.07, 6.45) is 1.97. The van der Waals surface area contributed by atoms with Gasteiger partial charge in [-0.15, -0.1) is 0 Å². The number of ether oxygens (including phenoxy) is 2. The van der Waals surface area contributed by atoms with Crippen LogP contribution in [0.2, 0.25) is 0 Å². The average molecular weight is 353 g/mol. The Balaban J connectivity index is 1.36. The van der Waals surface area contributed by atoms with Crippen molar-refractivity contribution >= 4 is 5.96 Å². The third kappa shape index (κ3) is 4.91. The van der Waals surface area contributed by atoms with Gasteiger partial charge in [0.05, 0.1) is 13.2 Å². The third-order valence-electron chi connectivity index (χ3n) is 4.43. The zero-order valence-electron chi connectivity index (χ0n) is 15.5. The van der Waals surface area contributed by atoms with Crippen LogP contribution in [0.1, 0.15) is 16.7 Å². The number of nitrogens with one attached hydrogen (secondary N) is 2. The van der Waals surface area contributed by atoms with Crippen LogP contribution in [0, 0.1) is 6.92 Å². The lowest BCUT2D eigenvalue weighted by molar-refractivity contribution is 0.320. The first kappa shape index (κ1) is 18.1. The molecule has 2 aromatic carbocycles. The maximum absolute atomic E-state index is 5.79. The summed E-state index contributed by atoms with van der Waals surface area (Å²) >= 11 is 0. The van der Waals surface area contributed by atoms with E-state index in [2.05, 4.69) is 33.8 Å².